The van der Waals surface area contributed by atoms with Gasteiger partial charge in [0.2, 0.25) is 0 Å². The van der Waals surface area contributed by atoms with Gasteiger partial charge in [-0.3, -0.25) is 4.79 Å². The van der Waals surface area contributed by atoms with Crippen LogP contribution in [0.1, 0.15) is 19.5 Å². The van der Waals surface area contributed by atoms with Crippen LogP contribution in [-0.4, -0.2) is 9.97 Å². The van der Waals surface area contributed by atoms with Crippen molar-refractivity contribution in [1.29, 1.82) is 0 Å². The fourth-order valence-electron chi connectivity index (χ4n) is 1.31. The quantitative estimate of drug-likeness (QED) is 0.796. The predicted octanol–water partition coefficient (Wildman–Crippen LogP) is 2.77. The molecule has 0 aliphatic heterocycles. The fraction of sp³-hybridized carbons (Fsp3) is 0.231. The molecule has 1 N–H and O–H groups in total. The third-order valence-corrected chi connectivity index (χ3v) is 1.92. The van der Waals surface area contributed by atoms with Crippen molar-refractivity contribution in [3.63, 3.8) is 0 Å². The van der Waals surface area contributed by atoms with Crippen LogP contribution in [0.5, 0.6) is 0 Å². The highest BCUT2D eigenvalue weighted by molar-refractivity contribution is 5.54. The summed E-state index contributed by atoms with van der Waals surface area (Å²) in [5.41, 5.74) is 1.54. The molecule has 3 heteroatoms. The molecule has 0 aliphatic rings. The Morgan fingerprint density at radius 3 is 2.31 bits per heavy atom. The number of hydrogen-bond donors (Lipinski definition) is 1. The molecule has 16 heavy (non-hydrogen) atoms. The fourth-order valence-corrected chi connectivity index (χ4v) is 1.31. The molecule has 0 bridgehead atoms. The van der Waals surface area contributed by atoms with Crippen molar-refractivity contribution in [2.75, 3.05) is 0 Å². The van der Waals surface area contributed by atoms with Crippen LogP contribution in [0.25, 0.3) is 11.4 Å². The Hall–Kier alpha value is -1.90. The summed E-state index contributed by atoms with van der Waals surface area (Å²) in [7, 11) is 0. The van der Waals surface area contributed by atoms with E-state index in [0.717, 1.165) is 11.3 Å². The van der Waals surface area contributed by atoms with Crippen molar-refractivity contribution in [3.8, 4) is 11.4 Å². The molecular weight excluding hydrogens is 200 g/mol. The van der Waals surface area contributed by atoms with Gasteiger partial charge >= 0.3 is 0 Å². The molecule has 2 aromatic rings. The van der Waals surface area contributed by atoms with Gasteiger partial charge in [0.1, 0.15) is 5.82 Å². The van der Waals surface area contributed by atoms with Gasteiger partial charge in [0, 0.05) is 17.3 Å². The molecule has 0 fully saturated rings. The van der Waals surface area contributed by atoms with Crippen molar-refractivity contribution >= 4 is 0 Å². The first-order valence-electron chi connectivity index (χ1n) is 5.39. The molecule has 1 aromatic heterocycles. The van der Waals surface area contributed by atoms with E-state index in [-0.39, 0.29) is 5.56 Å². The molecule has 0 spiro atoms. The first-order chi connectivity index (χ1) is 7.75. The van der Waals surface area contributed by atoms with Crippen LogP contribution in [-0.2, 0) is 0 Å². The standard InChI is InChI=1S/C11H10N2O.C2H6/c1-8-7-10(14)13-11(12-8)9-5-3-2-4-6-9;1-2/h2-7H,1H3,(H,12,13,14);1-2H3. The van der Waals surface area contributed by atoms with E-state index in [9.17, 15) is 4.79 Å². The van der Waals surface area contributed by atoms with Crippen molar-refractivity contribution in [2.24, 2.45) is 0 Å². The van der Waals surface area contributed by atoms with Crippen LogP contribution in [0.4, 0.5) is 0 Å². The number of aromatic amines is 1. The third-order valence-electron chi connectivity index (χ3n) is 1.92. The zero-order chi connectivity index (χ0) is 12.0. The normalized spacial score (nSPS) is 9.19. The van der Waals surface area contributed by atoms with Crippen LogP contribution >= 0.6 is 0 Å². The Kier molecular flexibility index (Phi) is 4.45. The van der Waals surface area contributed by atoms with Crippen LogP contribution in [0.3, 0.4) is 0 Å². The number of H-pyrrole nitrogens is 1. The van der Waals surface area contributed by atoms with Crippen LogP contribution < -0.4 is 5.56 Å². The van der Waals surface area contributed by atoms with Gasteiger partial charge in [0.25, 0.3) is 5.56 Å². The van der Waals surface area contributed by atoms with E-state index in [1.54, 1.807) is 0 Å². The number of hydrogen-bond acceptors (Lipinski definition) is 2. The van der Waals surface area contributed by atoms with Gasteiger partial charge < -0.3 is 4.98 Å². The van der Waals surface area contributed by atoms with Gasteiger partial charge in [-0.1, -0.05) is 44.2 Å². The second-order valence-corrected chi connectivity index (χ2v) is 3.10. The average Bonchev–Trinajstić information content (AvgIpc) is 2.32. The Balaban J connectivity index is 0.000000606. The van der Waals surface area contributed by atoms with Crippen LogP contribution in [0, 0.1) is 6.92 Å². The Bertz CT molecular complexity index is 489. The first-order valence-corrected chi connectivity index (χ1v) is 5.39. The molecule has 1 aromatic carbocycles. The maximum absolute atomic E-state index is 11.2. The Labute approximate surface area is 95.2 Å². The summed E-state index contributed by atoms with van der Waals surface area (Å²) in [4.78, 5) is 18.1. The van der Waals surface area contributed by atoms with E-state index in [1.807, 2.05) is 51.1 Å². The summed E-state index contributed by atoms with van der Waals surface area (Å²) >= 11 is 0. The van der Waals surface area contributed by atoms with Gasteiger partial charge in [-0.25, -0.2) is 4.98 Å². The Morgan fingerprint density at radius 2 is 1.75 bits per heavy atom. The van der Waals surface area contributed by atoms with Gasteiger partial charge in [0.05, 0.1) is 0 Å². The lowest BCUT2D eigenvalue weighted by Gasteiger charge is -2.00. The topological polar surface area (TPSA) is 45.8 Å². The summed E-state index contributed by atoms with van der Waals surface area (Å²) in [6.07, 6.45) is 0. The van der Waals surface area contributed by atoms with Crippen LogP contribution in [0.2, 0.25) is 0 Å². The van der Waals surface area contributed by atoms with Crippen molar-refractivity contribution in [2.45, 2.75) is 20.8 Å². The average molecular weight is 216 g/mol. The van der Waals surface area contributed by atoms with E-state index < -0.39 is 0 Å². The van der Waals surface area contributed by atoms with E-state index in [1.165, 1.54) is 6.07 Å². The number of aromatic nitrogens is 2. The maximum Gasteiger partial charge on any atom is 0.251 e. The summed E-state index contributed by atoms with van der Waals surface area (Å²) in [6.45, 7) is 5.81. The molecule has 0 aliphatic carbocycles. The highest BCUT2D eigenvalue weighted by atomic mass is 16.1. The van der Waals surface area contributed by atoms with E-state index in [0.29, 0.717) is 5.82 Å². The molecule has 0 atom stereocenters. The minimum Gasteiger partial charge on any atom is -0.307 e. The number of aryl methyl sites for hydroxylation is 1. The summed E-state index contributed by atoms with van der Waals surface area (Å²) in [6, 6.07) is 11.1. The van der Waals surface area contributed by atoms with E-state index in [4.69, 9.17) is 0 Å². The summed E-state index contributed by atoms with van der Waals surface area (Å²) in [5, 5.41) is 0. The second-order valence-electron chi connectivity index (χ2n) is 3.10. The van der Waals surface area contributed by atoms with Crippen molar-refractivity contribution in [1.82, 2.24) is 9.97 Å². The minimum atomic E-state index is -0.114. The zero-order valence-corrected chi connectivity index (χ0v) is 9.82. The van der Waals surface area contributed by atoms with Gasteiger partial charge in [0.15, 0.2) is 0 Å². The highest BCUT2D eigenvalue weighted by Crippen LogP contribution is 2.11. The lowest BCUT2D eigenvalue weighted by atomic mass is 10.2. The number of nitrogens with zero attached hydrogens (tertiary/aromatic N) is 1. The molecule has 0 saturated heterocycles. The lowest BCUT2D eigenvalue weighted by molar-refractivity contribution is 1.07. The number of benzene rings is 1. The first kappa shape index (κ1) is 12.2. The zero-order valence-electron chi connectivity index (χ0n) is 9.82. The lowest BCUT2D eigenvalue weighted by Crippen LogP contribution is -2.08. The molecule has 1 heterocycles. The van der Waals surface area contributed by atoms with Gasteiger partial charge in [-0.05, 0) is 6.92 Å². The molecule has 0 radical (unpaired) electrons. The largest absolute Gasteiger partial charge is 0.307 e. The smallest absolute Gasteiger partial charge is 0.251 e. The monoisotopic (exact) mass is 216 g/mol. The number of nitrogens with one attached hydrogen (secondary N) is 1. The van der Waals surface area contributed by atoms with E-state index in [2.05, 4.69) is 9.97 Å². The van der Waals surface area contributed by atoms with Gasteiger partial charge in [-0.15, -0.1) is 0 Å². The molecule has 0 amide bonds. The molecule has 0 unspecified atom stereocenters. The van der Waals surface area contributed by atoms with Gasteiger partial charge in [-0.2, -0.15) is 0 Å². The highest BCUT2D eigenvalue weighted by Gasteiger charge is 1.99. The maximum atomic E-state index is 11.2. The van der Waals surface area contributed by atoms with Crippen molar-refractivity contribution in [3.05, 3.63) is 52.4 Å². The number of rotatable bonds is 1. The molecule has 3 nitrogen and oxygen atoms in total. The summed E-state index contributed by atoms with van der Waals surface area (Å²) in [5.74, 6) is 0.621. The molecule has 2 rings (SSSR count). The second kappa shape index (κ2) is 5.85. The predicted molar refractivity (Wildman–Crippen MR) is 66.4 cm³/mol. The third kappa shape index (κ3) is 3.05. The molecule has 84 valence electrons. The molecular formula is C13H16N2O. The van der Waals surface area contributed by atoms with E-state index >= 15 is 0 Å². The van der Waals surface area contributed by atoms with Crippen molar-refractivity contribution < 1.29 is 0 Å². The SMILES string of the molecule is CC.Cc1cc(=O)[nH]c(-c2ccccc2)n1. The Morgan fingerprint density at radius 1 is 1.12 bits per heavy atom. The molecule has 0 saturated carbocycles. The minimum absolute atomic E-state index is 0.114. The summed E-state index contributed by atoms with van der Waals surface area (Å²) < 4.78 is 0. The van der Waals surface area contributed by atoms with Crippen LogP contribution in [0.15, 0.2) is 41.2 Å².